The monoisotopic (exact) mass is 318 g/mol. The Morgan fingerprint density at radius 3 is 2.12 bits per heavy atom. The van der Waals surface area contributed by atoms with E-state index in [0.29, 0.717) is 11.2 Å². The van der Waals surface area contributed by atoms with E-state index in [-0.39, 0.29) is 11.6 Å². The fourth-order valence-corrected chi connectivity index (χ4v) is 2.84. The molecule has 0 bridgehead atoms. The molecule has 2 N–H and O–H groups in total. The molecule has 4 heteroatoms. The number of benzene rings is 2. The second kappa shape index (κ2) is 5.49. The van der Waals surface area contributed by atoms with Crippen LogP contribution in [0.5, 0.6) is 5.75 Å². The van der Waals surface area contributed by atoms with Crippen molar-refractivity contribution in [2.75, 3.05) is 0 Å². The van der Waals surface area contributed by atoms with Gasteiger partial charge in [0.25, 0.3) is 0 Å². The standard InChI is InChI=1S/C20H15FN2O/c1-12-10-18-19(22-12)11-17(21)20(23-18)15-4-2-13(3-5-15)14-6-8-16(24)9-7-14/h2-11,22,24H,1H3. The van der Waals surface area contributed by atoms with Crippen LogP contribution < -0.4 is 0 Å². The predicted octanol–water partition coefficient (Wildman–Crippen LogP) is 5.05. The molecule has 0 amide bonds. The lowest BCUT2D eigenvalue weighted by molar-refractivity contribution is 0.475. The van der Waals surface area contributed by atoms with Crippen LogP contribution in [0.25, 0.3) is 33.4 Å². The molecule has 2 aromatic heterocycles. The second-order valence-corrected chi connectivity index (χ2v) is 5.83. The van der Waals surface area contributed by atoms with E-state index in [1.165, 1.54) is 6.07 Å². The van der Waals surface area contributed by atoms with Crippen LogP contribution in [0, 0.1) is 12.7 Å². The number of pyridine rings is 1. The lowest BCUT2D eigenvalue weighted by atomic mass is 10.0. The molecule has 0 aliphatic carbocycles. The topological polar surface area (TPSA) is 48.9 Å². The molecule has 24 heavy (non-hydrogen) atoms. The van der Waals surface area contributed by atoms with Gasteiger partial charge in [0.15, 0.2) is 5.82 Å². The summed E-state index contributed by atoms with van der Waals surface area (Å²) < 4.78 is 14.4. The molecule has 0 saturated heterocycles. The van der Waals surface area contributed by atoms with E-state index in [4.69, 9.17) is 0 Å². The van der Waals surface area contributed by atoms with Gasteiger partial charge in [-0.25, -0.2) is 9.37 Å². The Bertz CT molecular complexity index is 1020. The Hall–Kier alpha value is -3.14. The number of hydrogen-bond acceptors (Lipinski definition) is 2. The Morgan fingerprint density at radius 2 is 1.46 bits per heavy atom. The number of halogens is 1. The van der Waals surface area contributed by atoms with Gasteiger partial charge in [0.05, 0.1) is 11.0 Å². The van der Waals surface area contributed by atoms with Gasteiger partial charge in [-0.2, -0.15) is 0 Å². The number of rotatable bonds is 2. The average molecular weight is 318 g/mol. The summed E-state index contributed by atoms with van der Waals surface area (Å²) in [4.78, 5) is 7.53. The number of hydrogen-bond donors (Lipinski definition) is 2. The van der Waals surface area contributed by atoms with Crippen LogP contribution in [0.15, 0.2) is 60.7 Å². The lowest BCUT2D eigenvalue weighted by Gasteiger charge is -2.06. The fraction of sp³-hybridized carbons (Fsp3) is 0.0500. The molecule has 0 aliphatic heterocycles. The zero-order chi connectivity index (χ0) is 16.7. The molecule has 3 nitrogen and oxygen atoms in total. The van der Waals surface area contributed by atoms with Crippen molar-refractivity contribution in [2.24, 2.45) is 0 Å². The molecule has 4 rings (SSSR count). The first kappa shape index (κ1) is 14.5. The Morgan fingerprint density at radius 1 is 0.875 bits per heavy atom. The zero-order valence-electron chi connectivity index (χ0n) is 13.0. The van der Waals surface area contributed by atoms with E-state index in [9.17, 15) is 9.50 Å². The smallest absolute Gasteiger partial charge is 0.151 e. The number of aromatic amines is 1. The van der Waals surface area contributed by atoms with Crippen LogP contribution >= 0.6 is 0 Å². The number of fused-ring (bicyclic) bond motifs is 1. The number of aryl methyl sites for hydroxylation is 1. The van der Waals surface area contributed by atoms with E-state index < -0.39 is 0 Å². The van der Waals surface area contributed by atoms with Gasteiger partial charge in [-0.05, 0) is 36.2 Å². The van der Waals surface area contributed by atoms with Gasteiger partial charge in [0.2, 0.25) is 0 Å². The normalized spacial score (nSPS) is 11.1. The zero-order valence-corrected chi connectivity index (χ0v) is 13.0. The van der Waals surface area contributed by atoms with E-state index in [2.05, 4.69) is 9.97 Å². The first-order valence-electron chi connectivity index (χ1n) is 7.66. The minimum Gasteiger partial charge on any atom is -0.508 e. The van der Waals surface area contributed by atoms with Crippen molar-refractivity contribution in [3.05, 3.63) is 72.2 Å². The first-order valence-corrected chi connectivity index (χ1v) is 7.66. The Kier molecular flexibility index (Phi) is 3.31. The number of aromatic nitrogens is 2. The maximum absolute atomic E-state index is 14.4. The highest BCUT2D eigenvalue weighted by atomic mass is 19.1. The minimum absolute atomic E-state index is 0.233. The quantitative estimate of drug-likeness (QED) is 0.543. The number of aromatic hydroxyl groups is 1. The van der Waals surface area contributed by atoms with Crippen LogP contribution in [0.2, 0.25) is 0 Å². The highest BCUT2D eigenvalue weighted by Crippen LogP contribution is 2.28. The third-order valence-electron chi connectivity index (χ3n) is 4.05. The number of phenols is 1. The maximum Gasteiger partial charge on any atom is 0.151 e. The van der Waals surface area contributed by atoms with Crippen LogP contribution in [-0.2, 0) is 0 Å². The highest BCUT2D eigenvalue weighted by molar-refractivity contribution is 5.80. The minimum atomic E-state index is -0.346. The number of nitrogens with zero attached hydrogens (tertiary/aromatic N) is 1. The van der Waals surface area contributed by atoms with E-state index in [1.54, 1.807) is 12.1 Å². The van der Waals surface area contributed by atoms with Crippen molar-refractivity contribution in [1.82, 2.24) is 9.97 Å². The lowest BCUT2D eigenvalue weighted by Crippen LogP contribution is -1.90. The number of nitrogens with one attached hydrogen (secondary N) is 1. The van der Waals surface area contributed by atoms with Crippen molar-refractivity contribution in [1.29, 1.82) is 0 Å². The molecular weight excluding hydrogens is 303 g/mol. The van der Waals surface area contributed by atoms with Gasteiger partial charge in [0.1, 0.15) is 11.4 Å². The summed E-state index contributed by atoms with van der Waals surface area (Å²) in [5.41, 5.74) is 5.48. The maximum atomic E-state index is 14.4. The molecule has 4 aromatic rings. The molecule has 0 fully saturated rings. The molecule has 0 unspecified atom stereocenters. The van der Waals surface area contributed by atoms with Gasteiger partial charge in [-0.15, -0.1) is 0 Å². The summed E-state index contributed by atoms with van der Waals surface area (Å²) >= 11 is 0. The van der Waals surface area contributed by atoms with Gasteiger partial charge in [-0.1, -0.05) is 36.4 Å². The van der Waals surface area contributed by atoms with Crippen molar-refractivity contribution < 1.29 is 9.50 Å². The van der Waals surface area contributed by atoms with Crippen molar-refractivity contribution in [2.45, 2.75) is 6.92 Å². The summed E-state index contributed by atoms with van der Waals surface area (Å²) in [7, 11) is 0. The van der Waals surface area contributed by atoms with Crippen LogP contribution in [-0.4, -0.2) is 15.1 Å². The van der Waals surface area contributed by atoms with Gasteiger partial charge in [0, 0.05) is 17.3 Å². The third-order valence-corrected chi connectivity index (χ3v) is 4.05. The molecule has 2 aromatic carbocycles. The van der Waals surface area contributed by atoms with E-state index in [0.717, 1.165) is 27.9 Å². The van der Waals surface area contributed by atoms with E-state index in [1.807, 2.05) is 49.4 Å². The molecule has 0 aliphatic rings. The number of H-pyrrole nitrogens is 1. The van der Waals surface area contributed by atoms with Gasteiger partial charge in [-0.3, -0.25) is 0 Å². The van der Waals surface area contributed by atoms with Gasteiger partial charge < -0.3 is 10.1 Å². The summed E-state index contributed by atoms with van der Waals surface area (Å²) in [6, 6.07) is 17.9. The van der Waals surface area contributed by atoms with Crippen LogP contribution in [0.1, 0.15) is 5.69 Å². The molecule has 2 heterocycles. The second-order valence-electron chi connectivity index (χ2n) is 5.83. The summed E-state index contributed by atoms with van der Waals surface area (Å²) in [6.45, 7) is 1.92. The molecule has 0 saturated carbocycles. The summed E-state index contributed by atoms with van der Waals surface area (Å²) in [5.74, 6) is -0.113. The summed E-state index contributed by atoms with van der Waals surface area (Å²) in [5, 5.41) is 9.36. The molecule has 0 radical (unpaired) electrons. The van der Waals surface area contributed by atoms with Crippen LogP contribution in [0.3, 0.4) is 0 Å². The molecular formula is C20H15FN2O. The van der Waals surface area contributed by atoms with Crippen molar-refractivity contribution in [3.63, 3.8) is 0 Å². The SMILES string of the molecule is Cc1cc2nc(-c3ccc(-c4ccc(O)cc4)cc3)c(F)cc2[nH]1. The van der Waals surface area contributed by atoms with Gasteiger partial charge >= 0.3 is 0 Å². The Labute approximate surface area is 138 Å². The predicted molar refractivity (Wildman–Crippen MR) is 93.3 cm³/mol. The van der Waals surface area contributed by atoms with Crippen molar-refractivity contribution >= 4 is 11.0 Å². The Balaban J connectivity index is 1.74. The highest BCUT2D eigenvalue weighted by Gasteiger charge is 2.11. The third kappa shape index (κ3) is 2.52. The molecule has 0 spiro atoms. The first-order chi connectivity index (χ1) is 11.6. The largest absolute Gasteiger partial charge is 0.508 e. The number of phenolic OH excluding ortho intramolecular Hbond substituents is 1. The summed E-state index contributed by atoms with van der Waals surface area (Å²) in [6.07, 6.45) is 0. The molecule has 0 atom stereocenters. The van der Waals surface area contributed by atoms with E-state index >= 15 is 0 Å². The molecule has 118 valence electrons. The average Bonchev–Trinajstić information content (AvgIpc) is 2.94. The van der Waals surface area contributed by atoms with Crippen molar-refractivity contribution in [3.8, 4) is 28.1 Å². The fourth-order valence-electron chi connectivity index (χ4n) is 2.84. The van der Waals surface area contributed by atoms with Crippen LogP contribution in [0.4, 0.5) is 4.39 Å².